The fourth-order valence-corrected chi connectivity index (χ4v) is 2.87. The van der Waals surface area contributed by atoms with Gasteiger partial charge in [0.05, 0.1) is 17.8 Å². The smallest absolute Gasteiger partial charge is 0.144 e. The van der Waals surface area contributed by atoms with Crippen molar-refractivity contribution in [1.82, 2.24) is 0 Å². The molecule has 4 heteroatoms. The van der Waals surface area contributed by atoms with Crippen LogP contribution in [0.4, 0.5) is 11.4 Å². The van der Waals surface area contributed by atoms with Crippen molar-refractivity contribution in [2.24, 2.45) is 0 Å². The highest BCUT2D eigenvalue weighted by atomic mass is 32.1. The van der Waals surface area contributed by atoms with Crippen molar-refractivity contribution < 1.29 is 4.74 Å². The van der Waals surface area contributed by atoms with Gasteiger partial charge in [-0.05, 0) is 52.0 Å². The molecule has 0 bridgehead atoms. The summed E-state index contributed by atoms with van der Waals surface area (Å²) in [5.41, 5.74) is 7.62. The quantitative estimate of drug-likeness (QED) is 0.791. The van der Waals surface area contributed by atoms with Gasteiger partial charge in [-0.1, -0.05) is 0 Å². The van der Waals surface area contributed by atoms with E-state index in [1.165, 1.54) is 9.75 Å². The Kier molecular flexibility index (Phi) is 4.55. The number of anilines is 2. The van der Waals surface area contributed by atoms with Crippen LogP contribution < -0.4 is 15.8 Å². The molecule has 0 saturated heterocycles. The number of nitrogen functional groups attached to an aromatic ring is 1. The lowest BCUT2D eigenvalue weighted by Crippen LogP contribution is -2.09. The molecule has 0 radical (unpaired) electrons. The Morgan fingerprint density at radius 3 is 2.50 bits per heavy atom. The van der Waals surface area contributed by atoms with E-state index in [0.29, 0.717) is 5.69 Å². The molecule has 1 aromatic carbocycles. The van der Waals surface area contributed by atoms with Crippen LogP contribution in [0.5, 0.6) is 5.75 Å². The van der Waals surface area contributed by atoms with Crippen LogP contribution in [0, 0.1) is 6.92 Å². The highest BCUT2D eigenvalue weighted by molar-refractivity contribution is 7.12. The molecule has 0 spiro atoms. The molecule has 3 N–H and O–H groups in total. The zero-order valence-electron chi connectivity index (χ0n) is 12.4. The topological polar surface area (TPSA) is 47.3 Å². The number of ether oxygens (including phenoxy) is 1. The third-order valence-electron chi connectivity index (χ3n) is 2.95. The SMILES string of the molecule is Cc1ccc(C(C)Nc2ccc(N)c(OC(C)C)c2)s1. The van der Waals surface area contributed by atoms with E-state index in [4.69, 9.17) is 10.5 Å². The molecule has 3 nitrogen and oxygen atoms in total. The molecule has 1 aromatic heterocycles. The van der Waals surface area contributed by atoms with E-state index in [0.717, 1.165) is 11.4 Å². The average molecular weight is 290 g/mol. The second-order valence-corrected chi connectivity index (χ2v) is 6.55. The molecule has 2 aromatic rings. The predicted molar refractivity (Wildman–Crippen MR) is 87.7 cm³/mol. The van der Waals surface area contributed by atoms with Gasteiger partial charge in [0.15, 0.2) is 0 Å². The Morgan fingerprint density at radius 2 is 1.90 bits per heavy atom. The Hall–Kier alpha value is -1.68. The first-order valence-corrected chi connectivity index (χ1v) is 7.66. The van der Waals surface area contributed by atoms with Crippen molar-refractivity contribution >= 4 is 22.7 Å². The predicted octanol–water partition coefficient (Wildman–Crippen LogP) is 4.60. The van der Waals surface area contributed by atoms with Gasteiger partial charge in [-0.3, -0.25) is 0 Å². The van der Waals surface area contributed by atoms with E-state index in [1.807, 2.05) is 43.4 Å². The van der Waals surface area contributed by atoms with Crippen LogP contribution in [0.3, 0.4) is 0 Å². The van der Waals surface area contributed by atoms with Gasteiger partial charge in [0, 0.05) is 21.5 Å². The Bertz CT molecular complexity index is 578. The first kappa shape index (κ1) is 14.7. The molecule has 0 aliphatic carbocycles. The number of nitrogens with one attached hydrogen (secondary N) is 1. The fourth-order valence-electron chi connectivity index (χ4n) is 1.99. The van der Waals surface area contributed by atoms with E-state index in [2.05, 4.69) is 31.3 Å². The van der Waals surface area contributed by atoms with Crippen molar-refractivity contribution in [3.8, 4) is 5.75 Å². The number of rotatable bonds is 5. The standard InChI is InChI=1S/C16H22N2OS/c1-10(2)19-15-9-13(6-7-14(15)17)18-12(4)16-8-5-11(3)20-16/h5-10,12,18H,17H2,1-4H3. The summed E-state index contributed by atoms with van der Waals surface area (Å²) in [6.07, 6.45) is 0.116. The number of aryl methyl sites for hydroxylation is 1. The summed E-state index contributed by atoms with van der Waals surface area (Å²) < 4.78 is 5.71. The van der Waals surface area contributed by atoms with E-state index in [9.17, 15) is 0 Å². The minimum Gasteiger partial charge on any atom is -0.489 e. The molecule has 1 atom stereocenters. The Morgan fingerprint density at radius 1 is 1.15 bits per heavy atom. The van der Waals surface area contributed by atoms with Crippen molar-refractivity contribution in [3.63, 3.8) is 0 Å². The Labute approximate surface area is 124 Å². The second kappa shape index (κ2) is 6.18. The fraction of sp³-hybridized carbons (Fsp3) is 0.375. The van der Waals surface area contributed by atoms with Crippen LogP contribution in [0.2, 0.25) is 0 Å². The molecule has 0 saturated carbocycles. The second-order valence-electron chi connectivity index (χ2n) is 5.23. The Balaban J connectivity index is 2.13. The van der Waals surface area contributed by atoms with Gasteiger partial charge in [-0.15, -0.1) is 11.3 Å². The van der Waals surface area contributed by atoms with E-state index < -0.39 is 0 Å². The zero-order chi connectivity index (χ0) is 14.7. The summed E-state index contributed by atoms with van der Waals surface area (Å²) in [6.45, 7) is 8.27. The van der Waals surface area contributed by atoms with Gasteiger partial charge in [0.25, 0.3) is 0 Å². The van der Waals surface area contributed by atoms with Crippen molar-refractivity contribution in [3.05, 3.63) is 40.1 Å². The molecule has 20 heavy (non-hydrogen) atoms. The van der Waals surface area contributed by atoms with E-state index in [1.54, 1.807) is 0 Å². The van der Waals surface area contributed by atoms with Crippen LogP contribution >= 0.6 is 11.3 Å². The van der Waals surface area contributed by atoms with Gasteiger partial charge in [-0.25, -0.2) is 0 Å². The van der Waals surface area contributed by atoms with Gasteiger partial charge < -0.3 is 15.8 Å². The molecular formula is C16H22N2OS. The minimum absolute atomic E-state index is 0.116. The lowest BCUT2D eigenvalue weighted by molar-refractivity contribution is 0.244. The molecule has 108 valence electrons. The molecule has 1 heterocycles. The average Bonchev–Trinajstić information content (AvgIpc) is 2.79. The highest BCUT2D eigenvalue weighted by Gasteiger charge is 2.10. The molecule has 1 unspecified atom stereocenters. The first-order chi connectivity index (χ1) is 9.45. The highest BCUT2D eigenvalue weighted by Crippen LogP contribution is 2.30. The van der Waals surface area contributed by atoms with Crippen molar-refractivity contribution in [2.45, 2.75) is 39.8 Å². The van der Waals surface area contributed by atoms with Crippen LogP contribution in [-0.2, 0) is 0 Å². The van der Waals surface area contributed by atoms with E-state index >= 15 is 0 Å². The minimum atomic E-state index is 0.116. The lowest BCUT2D eigenvalue weighted by atomic mass is 10.2. The molecule has 0 aliphatic heterocycles. The molecule has 2 rings (SSSR count). The van der Waals surface area contributed by atoms with Gasteiger partial charge in [0.1, 0.15) is 5.75 Å². The molecule has 0 amide bonds. The van der Waals surface area contributed by atoms with Crippen molar-refractivity contribution in [2.75, 3.05) is 11.1 Å². The van der Waals surface area contributed by atoms with Crippen molar-refractivity contribution in [1.29, 1.82) is 0 Å². The summed E-state index contributed by atoms with van der Waals surface area (Å²) in [4.78, 5) is 2.65. The van der Waals surface area contributed by atoms with Crippen LogP contribution in [0.15, 0.2) is 30.3 Å². The van der Waals surface area contributed by atoms with Gasteiger partial charge in [-0.2, -0.15) is 0 Å². The number of hydrogen-bond acceptors (Lipinski definition) is 4. The summed E-state index contributed by atoms with van der Waals surface area (Å²) in [5.74, 6) is 0.736. The monoisotopic (exact) mass is 290 g/mol. The van der Waals surface area contributed by atoms with Crippen LogP contribution in [-0.4, -0.2) is 6.10 Å². The first-order valence-electron chi connectivity index (χ1n) is 6.84. The maximum atomic E-state index is 5.93. The summed E-state index contributed by atoms with van der Waals surface area (Å²) in [7, 11) is 0. The number of thiophene rings is 1. The maximum Gasteiger partial charge on any atom is 0.144 e. The summed E-state index contributed by atoms with van der Waals surface area (Å²) in [5, 5.41) is 3.49. The molecular weight excluding hydrogens is 268 g/mol. The largest absolute Gasteiger partial charge is 0.489 e. The molecule has 0 aliphatic rings. The van der Waals surface area contributed by atoms with Gasteiger partial charge >= 0.3 is 0 Å². The normalized spacial score (nSPS) is 12.4. The van der Waals surface area contributed by atoms with Crippen LogP contribution in [0.1, 0.15) is 36.6 Å². The third-order valence-corrected chi connectivity index (χ3v) is 4.13. The molecule has 0 fully saturated rings. The number of nitrogens with two attached hydrogens (primary N) is 1. The number of benzene rings is 1. The third kappa shape index (κ3) is 3.67. The summed E-state index contributed by atoms with van der Waals surface area (Å²) >= 11 is 1.81. The van der Waals surface area contributed by atoms with Crippen LogP contribution in [0.25, 0.3) is 0 Å². The zero-order valence-corrected chi connectivity index (χ0v) is 13.3. The lowest BCUT2D eigenvalue weighted by Gasteiger charge is -2.17. The van der Waals surface area contributed by atoms with E-state index in [-0.39, 0.29) is 12.1 Å². The summed E-state index contributed by atoms with van der Waals surface area (Å²) in [6, 6.07) is 10.4. The number of hydrogen-bond donors (Lipinski definition) is 2. The van der Waals surface area contributed by atoms with Gasteiger partial charge in [0.2, 0.25) is 0 Å². The maximum absolute atomic E-state index is 5.93.